The van der Waals surface area contributed by atoms with Gasteiger partial charge in [0, 0.05) is 12.1 Å². The van der Waals surface area contributed by atoms with Gasteiger partial charge in [-0.25, -0.2) is 0 Å². The summed E-state index contributed by atoms with van der Waals surface area (Å²) in [5.41, 5.74) is 0.222. The molecule has 4 nitrogen and oxygen atoms in total. The van der Waals surface area contributed by atoms with Gasteiger partial charge < -0.3 is 20.3 Å². The SMILES string of the molecule is C#CCOc1ccccc1CNC(C)(CO)CO. The van der Waals surface area contributed by atoms with Crippen LogP contribution in [0.5, 0.6) is 5.75 Å². The Kier molecular flexibility index (Phi) is 5.66. The van der Waals surface area contributed by atoms with Gasteiger partial charge in [0.1, 0.15) is 12.4 Å². The van der Waals surface area contributed by atoms with Gasteiger partial charge in [-0.3, -0.25) is 0 Å². The fourth-order valence-electron chi connectivity index (χ4n) is 1.38. The molecule has 0 fully saturated rings. The van der Waals surface area contributed by atoms with Crippen LogP contribution in [-0.2, 0) is 6.54 Å². The lowest BCUT2D eigenvalue weighted by Gasteiger charge is -2.26. The van der Waals surface area contributed by atoms with Gasteiger partial charge in [-0.2, -0.15) is 0 Å². The van der Waals surface area contributed by atoms with Crippen LogP contribution in [-0.4, -0.2) is 35.6 Å². The first-order chi connectivity index (χ1) is 8.65. The molecule has 1 aromatic carbocycles. The molecule has 0 amide bonds. The number of hydrogen-bond donors (Lipinski definition) is 3. The molecule has 0 aliphatic heterocycles. The van der Waals surface area contributed by atoms with E-state index in [4.69, 9.17) is 11.2 Å². The summed E-state index contributed by atoms with van der Waals surface area (Å²) in [5, 5.41) is 21.5. The predicted octanol–water partition coefficient (Wildman–Crippen LogP) is 0.531. The molecule has 0 heterocycles. The minimum Gasteiger partial charge on any atom is -0.481 e. The Balaban J connectivity index is 2.69. The lowest BCUT2D eigenvalue weighted by atomic mass is 10.0. The predicted molar refractivity (Wildman–Crippen MR) is 70.2 cm³/mol. The van der Waals surface area contributed by atoms with Crippen LogP contribution in [0.1, 0.15) is 12.5 Å². The Morgan fingerprint density at radius 3 is 2.61 bits per heavy atom. The Hall–Kier alpha value is -1.54. The van der Waals surface area contributed by atoms with Gasteiger partial charge in [-0.1, -0.05) is 24.1 Å². The maximum atomic E-state index is 9.19. The first-order valence-corrected chi connectivity index (χ1v) is 5.76. The summed E-state index contributed by atoms with van der Waals surface area (Å²) in [6, 6.07) is 7.51. The molecule has 0 aromatic heterocycles. The average Bonchev–Trinajstić information content (AvgIpc) is 2.43. The van der Waals surface area contributed by atoms with Gasteiger partial charge in [-0.15, -0.1) is 6.42 Å². The monoisotopic (exact) mass is 249 g/mol. The lowest BCUT2D eigenvalue weighted by molar-refractivity contribution is 0.103. The van der Waals surface area contributed by atoms with Gasteiger partial charge in [-0.05, 0) is 13.0 Å². The van der Waals surface area contributed by atoms with E-state index in [1.54, 1.807) is 6.92 Å². The second-order valence-corrected chi connectivity index (χ2v) is 4.33. The summed E-state index contributed by atoms with van der Waals surface area (Å²) in [4.78, 5) is 0. The molecule has 0 unspecified atom stereocenters. The number of nitrogens with one attached hydrogen (secondary N) is 1. The van der Waals surface area contributed by atoms with E-state index in [1.165, 1.54) is 0 Å². The molecule has 1 aromatic rings. The highest BCUT2D eigenvalue weighted by atomic mass is 16.5. The van der Waals surface area contributed by atoms with Crippen molar-refractivity contribution in [2.45, 2.75) is 19.0 Å². The zero-order chi connectivity index (χ0) is 13.4. The van der Waals surface area contributed by atoms with E-state index < -0.39 is 5.54 Å². The first-order valence-electron chi connectivity index (χ1n) is 5.76. The van der Waals surface area contributed by atoms with E-state index >= 15 is 0 Å². The second-order valence-electron chi connectivity index (χ2n) is 4.33. The third-order valence-corrected chi connectivity index (χ3v) is 2.69. The zero-order valence-electron chi connectivity index (χ0n) is 10.5. The largest absolute Gasteiger partial charge is 0.481 e. The van der Waals surface area contributed by atoms with Crippen LogP contribution in [0.25, 0.3) is 0 Å². The van der Waals surface area contributed by atoms with E-state index in [1.807, 2.05) is 24.3 Å². The molecule has 0 aliphatic carbocycles. The van der Waals surface area contributed by atoms with Gasteiger partial charge in [0.2, 0.25) is 0 Å². The van der Waals surface area contributed by atoms with Crippen LogP contribution < -0.4 is 10.1 Å². The van der Waals surface area contributed by atoms with Gasteiger partial charge in [0.25, 0.3) is 0 Å². The Labute approximate surface area is 108 Å². The highest BCUT2D eigenvalue weighted by Gasteiger charge is 2.21. The molecule has 3 N–H and O–H groups in total. The molecule has 0 saturated heterocycles. The van der Waals surface area contributed by atoms with Crippen molar-refractivity contribution in [2.24, 2.45) is 0 Å². The Bertz CT molecular complexity index is 408. The summed E-state index contributed by atoms with van der Waals surface area (Å²) in [7, 11) is 0. The summed E-state index contributed by atoms with van der Waals surface area (Å²) in [6.45, 7) is 2.16. The van der Waals surface area contributed by atoms with Crippen molar-refractivity contribution in [3.05, 3.63) is 29.8 Å². The van der Waals surface area contributed by atoms with Crippen molar-refractivity contribution in [3.63, 3.8) is 0 Å². The molecule has 0 radical (unpaired) electrons. The number of rotatable bonds is 7. The molecule has 0 atom stereocenters. The number of hydrogen-bond acceptors (Lipinski definition) is 4. The van der Waals surface area contributed by atoms with Crippen LogP contribution in [0.2, 0.25) is 0 Å². The fourth-order valence-corrected chi connectivity index (χ4v) is 1.38. The number of terminal acetylenes is 1. The molecule has 0 aliphatic rings. The number of aliphatic hydroxyl groups excluding tert-OH is 2. The van der Waals surface area contributed by atoms with E-state index in [0.29, 0.717) is 12.3 Å². The van der Waals surface area contributed by atoms with Crippen molar-refractivity contribution in [2.75, 3.05) is 19.8 Å². The molecule has 98 valence electrons. The standard InChI is InChI=1S/C14H19NO3/c1-3-8-18-13-7-5-4-6-12(13)9-15-14(2,10-16)11-17/h1,4-7,15-17H,8-11H2,2H3. The number of ether oxygens (including phenoxy) is 1. The smallest absolute Gasteiger partial charge is 0.148 e. The van der Waals surface area contributed by atoms with Crippen molar-refractivity contribution < 1.29 is 14.9 Å². The third-order valence-electron chi connectivity index (χ3n) is 2.69. The van der Waals surface area contributed by atoms with Crippen molar-refractivity contribution >= 4 is 0 Å². The van der Waals surface area contributed by atoms with Gasteiger partial charge in [0.15, 0.2) is 0 Å². The second kappa shape index (κ2) is 7.02. The number of benzene rings is 1. The topological polar surface area (TPSA) is 61.7 Å². The fraction of sp³-hybridized carbons (Fsp3) is 0.429. The minimum atomic E-state index is -0.709. The molecule has 18 heavy (non-hydrogen) atoms. The molecule has 0 spiro atoms. The number of para-hydroxylation sites is 1. The summed E-state index contributed by atoms with van der Waals surface area (Å²) < 4.78 is 5.42. The van der Waals surface area contributed by atoms with Crippen molar-refractivity contribution in [3.8, 4) is 18.1 Å². The van der Waals surface area contributed by atoms with E-state index in [9.17, 15) is 10.2 Å². The molecule has 0 saturated carbocycles. The van der Waals surface area contributed by atoms with E-state index in [0.717, 1.165) is 5.56 Å². The quantitative estimate of drug-likeness (QED) is 0.617. The minimum absolute atomic E-state index is 0.142. The van der Waals surface area contributed by atoms with E-state index in [2.05, 4.69) is 11.2 Å². The Morgan fingerprint density at radius 2 is 2.00 bits per heavy atom. The highest BCUT2D eigenvalue weighted by molar-refractivity contribution is 5.33. The molecular formula is C14H19NO3. The van der Waals surface area contributed by atoms with Crippen LogP contribution in [0.3, 0.4) is 0 Å². The maximum absolute atomic E-state index is 9.19. The average molecular weight is 249 g/mol. The highest BCUT2D eigenvalue weighted by Crippen LogP contribution is 2.18. The van der Waals surface area contributed by atoms with Crippen LogP contribution in [0.4, 0.5) is 0 Å². The van der Waals surface area contributed by atoms with Gasteiger partial charge in [0.05, 0.1) is 18.8 Å². The molecular weight excluding hydrogens is 230 g/mol. The number of aliphatic hydroxyl groups is 2. The zero-order valence-corrected chi connectivity index (χ0v) is 10.5. The van der Waals surface area contributed by atoms with Crippen molar-refractivity contribution in [1.29, 1.82) is 0 Å². The normalized spacial score (nSPS) is 11.0. The molecule has 0 bridgehead atoms. The lowest BCUT2D eigenvalue weighted by Crippen LogP contribution is -2.48. The molecule has 4 heteroatoms. The van der Waals surface area contributed by atoms with Crippen LogP contribution in [0, 0.1) is 12.3 Å². The third kappa shape index (κ3) is 4.04. The van der Waals surface area contributed by atoms with Crippen LogP contribution in [0.15, 0.2) is 24.3 Å². The molecule has 1 rings (SSSR count). The summed E-state index contributed by atoms with van der Waals surface area (Å²) in [5.74, 6) is 3.12. The van der Waals surface area contributed by atoms with Gasteiger partial charge >= 0.3 is 0 Å². The summed E-state index contributed by atoms with van der Waals surface area (Å²) >= 11 is 0. The first kappa shape index (κ1) is 14.5. The van der Waals surface area contributed by atoms with E-state index in [-0.39, 0.29) is 19.8 Å². The summed E-state index contributed by atoms with van der Waals surface area (Å²) in [6.07, 6.45) is 5.16. The van der Waals surface area contributed by atoms with Crippen molar-refractivity contribution in [1.82, 2.24) is 5.32 Å². The Morgan fingerprint density at radius 1 is 1.33 bits per heavy atom. The van der Waals surface area contributed by atoms with Crippen LogP contribution >= 0.6 is 0 Å². The maximum Gasteiger partial charge on any atom is 0.148 e.